The number of rotatable bonds is 6. The van der Waals surface area contributed by atoms with E-state index in [0.29, 0.717) is 10.7 Å². The fourth-order valence-electron chi connectivity index (χ4n) is 2.24. The van der Waals surface area contributed by atoms with Crippen LogP contribution in [-0.4, -0.2) is 34.2 Å². The molecule has 3 rings (SSSR count). The van der Waals surface area contributed by atoms with Gasteiger partial charge in [0.05, 0.1) is 28.7 Å². The summed E-state index contributed by atoms with van der Waals surface area (Å²) in [5.74, 6) is -0.842. The standard InChI is InChI=1S/C19H16BrN3O3S/c1-12-6-7-14(13(20)8-12)22-17(24)10-26-19(25)11-27-18-9-21-15-4-2-3-5-16(15)23-18/h2-9H,10-11H2,1H3,(H,22,24). The third kappa shape index (κ3) is 5.51. The van der Waals surface area contributed by atoms with Crippen LogP contribution in [0.4, 0.5) is 5.69 Å². The average Bonchev–Trinajstić information content (AvgIpc) is 2.67. The average molecular weight is 446 g/mol. The lowest BCUT2D eigenvalue weighted by molar-refractivity contribution is -0.144. The van der Waals surface area contributed by atoms with Crippen LogP contribution in [0.15, 0.2) is 58.2 Å². The maximum absolute atomic E-state index is 11.9. The SMILES string of the molecule is Cc1ccc(NC(=O)COC(=O)CSc2cnc3ccccc3n2)c(Br)c1. The number of thioether (sulfide) groups is 1. The summed E-state index contributed by atoms with van der Waals surface area (Å²) < 4.78 is 5.78. The molecule has 0 saturated heterocycles. The van der Waals surface area contributed by atoms with E-state index in [9.17, 15) is 9.59 Å². The molecule has 0 aliphatic carbocycles. The third-order valence-corrected chi connectivity index (χ3v) is 5.06. The van der Waals surface area contributed by atoms with Crippen LogP contribution in [0, 0.1) is 6.92 Å². The van der Waals surface area contributed by atoms with E-state index in [0.717, 1.165) is 21.1 Å². The number of halogens is 1. The summed E-state index contributed by atoms with van der Waals surface area (Å²) >= 11 is 4.60. The lowest BCUT2D eigenvalue weighted by atomic mass is 10.2. The minimum Gasteiger partial charge on any atom is -0.455 e. The zero-order valence-corrected chi connectivity index (χ0v) is 16.8. The van der Waals surface area contributed by atoms with Crippen LogP contribution in [0.3, 0.4) is 0 Å². The van der Waals surface area contributed by atoms with Gasteiger partial charge in [0.15, 0.2) is 6.61 Å². The fourth-order valence-corrected chi connectivity index (χ4v) is 3.47. The minimum absolute atomic E-state index is 0.0501. The van der Waals surface area contributed by atoms with Gasteiger partial charge in [0.2, 0.25) is 0 Å². The Balaban J connectivity index is 1.46. The molecule has 2 aromatic carbocycles. The van der Waals surface area contributed by atoms with E-state index < -0.39 is 11.9 Å². The number of amides is 1. The molecule has 138 valence electrons. The molecule has 0 unspecified atom stereocenters. The number of ether oxygens (including phenoxy) is 1. The van der Waals surface area contributed by atoms with Gasteiger partial charge in [-0.1, -0.05) is 30.0 Å². The van der Waals surface area contributed by atoms with E-state index in [1.165, 1.54) is 11.8 Å². The topological polar surface area (TPSA) is 81.2 Å². The number of nitrogens with one attached hydrogen (secondary N) is 1. The molecule has 0 atom stereocenters. The first-order valence-electron chi connectivity index (χ1n) is 8.07. The first-order chi connectivity index (χ1) is 13.0. The van der Waals surface area contributed by atoms with Crippen molar-refractivity contribution in [2.24, 2.45) is 0 Å². The highest BCUT2D eigenvalue weighted by Gasteiger charge is 2.11. The van der Waals surface area contributed by atoms with Crippen molar-refractivity contribution in [1.29, 1.82) is 0 Å². The van der Waals surface area contributed by atoms with Crippen LogP contribution in [0.2, 0.25) is 0 Å². The molecule has 0 aliphatic heterocycles. The quantitative estimate of drug-likeness (QED) is 0.456. The van der Waals surface area contributed by atoms with E-state index in [2.05, 4.69) is 31.2 Å². The number of aromatic nitrogens is 2. The molecular weight excluding hydrogens is 430 g/mol. The van der Waals surface area contributed by atoms with Crippen LogP contribution in [0.5, 0.6) is 0 Å². The van der Waals surface area contributed by atoms with Crippen molar-refractivity contribution in [3.8, 4) is 0 Å². The number of anilines is 1. The molecule has 0 spiro atoms. The van der Waals surface area contributed by atoms with Gasteiger partial charge in [0, 0.05) is 4.47 Å². The Morgan fingerprint density at radius 2 is 1.96 bits per heavy atom. The molecule has 0 fully saturated rings. The number of carbonyl (C=O) groups excluding carboxylic acids is 2. The Labute approximate surface area is 168 Å². The molecule has 1 amide bonds. The molecule has 0 radical (unpaired) electrons. The zero-order chi connectivity index (χ0) is 19.2. The van der Waals surface area contributed by atoms with Crippen molar-refractivity contribution in [2.75, 3.05) is 17.7 Å². The van der Waals surface area contributed by atoms with Gasteiger partial charge in [-0.2, -0.15) is 0 Å². The number of fused-ring (bicyclic) bond motifs is 1. The highest BCUT2D eigenvalue weighted by Crippen LogP contribution is 2.23. The second-order valence-electron chi connectivity index (χ2n) is 5.68. The molecule has 1 heterocycles. The van der Waals surface area contributed by atoms with Crippen LogP contribution < -0.4 is 5.32 Å². The summed E-state index contributed by atoms with van der Waals surface area (Å²) in [5, 5.41) is 3.32. The van der Waals surface area contributed by atoms with E-state index in [4.69, 9.17) is 4.74 Å². The van der Waals surface area contributed by atoms with Gasteiger partial charge in [0.1, 0.15) is 5.03 Å². The second kappa shape index (κ2) is 8.96. The van der Waals surface area contributed by atoms with E-state index in [-0.39, 0.29) is 12.4 Å². The summed E-state index contributed by atoms with van der Waals surface area (Å²) in [6.45, 7) is 1.61. The Morgan fingerprint density at radius 3 is 2.74 bits per heavy atom. The van der Waals surface area contributed by atoms with Crippen molar-refractivity contribution in [3.05, 3.63) is 58.7 Å². The number of carbonyl (C=O) groups is 2. The second-order valence-corrected chi connectivity index (χ2v) is 7.53. The molecule has 8 heteroatoms. The summed E-state index contributed by atoms with van der Waals surface area (Å²) in [5.41, 5.74) is 3.25. The van der Waals surface area contributed by atoms with Crippen molar-refractivity contribution in [1.82, 2.24) is 9.97 Å². The van der Waals surface area contributed by atoms with Crippen LogP contribution >= 0.6 is 27.7 Å². The van der Waals surface area contributed by atoms with Crippen molar-refractivity contribution in [3.63, 3.8) is 0 Å². The molecule has 3 aromatic rings. The van der Waals surface area contributed by atoms with Crippen LogP contribution in [0.25, 0.3) is 11.0 Å². The number of benzene rings is 2. The van der Waals surface area contributed by atoms with Gasteiger partial charge >= 0.3 is 5.97 Å². The predicted molar refractivity (Wildman–Crippen MR) is 109 cm³/mol. The monoisotopic (exact) mass is 445 g/mol. The van der Waals surface area contributed by atoms with E-state index >= 15 is 0 Å². The van der Waals surface area contributed by atoms with Gasteiger partial charge in [-0.3, -0.25) is 14.6 Å². The molecular formula is C19H16BrN3O3S. The third-order valence-electron chi connectivity index (χ3n) is 3.53. The van der Waals surface area contributed by atoms with Gasteiger partial charge in [-0.25, -0.2) is 4.98 Å². The number of nitrogens with zero attached hydrogens (tertiary/aromatic N) is 2. The smallest absolute Gasteiger partial charge is 0.316 e. The Hall–Kier alpha value is -2.45. The van der Waals surface area contributed by atoms with Gasteiger partial charge in [-0.05, 0) is 52.7 Å². The van der Waals surface area contributed by atoms with Gasteiger partial charge in [-0.15, -0.1) is 0 Å². The molecule has 27 heavy (non-hydrogen) atoms. The molecule has 0 aliphatic rings. The normalized spacial score (nSPS) is 10.6. The number of para-hydroxylation sites is 2. The maximum Gasteiger partial charge on any atom is 0.316 e. The molecule has 1 aromatic heterocycles. The van der Waals surface area contributed by atoms with Crippen molar-refractivity contribution >= 4 is 56.3 Å². The Kier molecular flexibility index (Phi) is 6.41. The fraction of sp³-hybridized carbons (Fsp3) is 0.158. The zero-order valence-electron chi connectivity index (χ0n) is 14.4. The summed E-state index contributed by atoms with van der Waals surface area (Å²) in [4.78, 5) is 32.5. The van der Waals surface area contributed by atoms with Crippen molar-refractivity contribution < 1.29 is 14.3 Å². The minimum atomic E-state index is -0.493. The lowest BCUT2D eigenvalue weighted by Gasteiger charge is -2.09. The molecule has 6 nitrogen and oxygen atoms in total. The molecule has 1 N–H and O–H groups in total. The first-order valence-corrected chi connectivity index (χ1v) is 9.85. The van der Waals surface area contributed by atoms with E-state index in [1.807, 2.05) is 43.3 Å². The largest absolute Gasteiger partial charge is 0.455 e. The van der Waals surface area contributed by atoms with Crippen LogP contribution in [0.1, 0.15) is 5.56 Å². The number of hydrogen-bond acceptors (Lipinski definition) is 6. The lowest BCUT2D eigenvalue weighted by Crippen LogP contribution is -2.21. The Morgan fingerprint density at radius 1 is 1.19 bits per heavy atom. The first kappa shape index (κ1) is 19.3. The summed E-state index contributed by atoms with van der Waals surface area (Å²) in [6, 6.07) is 13.1. The van der Waals surface area contributed by atoms with Gasteiger partial charge < -0.3 is 10.1 Å². The molecule has 0 saturated carbocycles. The highest BCUT2D eigenvalue weighted by atomic mass is 79.9. The number of aryl methyl sites for hydroxylation is 1. The molecule has 0 bridgehead atoms. The van der Waals surface area contributed by atoms with Crippen molar-refractivity contribution in [2.45, 2.75) is 11.9 Å². The maximum atomic E-state index is 11.9. The number of hydrogen-bond donors (Lipinski definition) is 1. The summed E-state index contributed by atoms with van der Waals surface area (Å²) in [6.07, 6.45) is 1.61. The van der Waals surface area contributed by atoms with E-state index in [1.54, 1.807) is 12.3 Å². The highest BCUT2D eigenvalue weighted by molar-refractivity contribution is 9.10. The summed E-state index contributed by atoms with van der Waals surface area (Å²) in [7, 11) is 0. The van der Waals surface area contributed by atoms with Gasteiger partial charge in [0.25, 0.3) is 5.91 Å². The van der Waals surface area contributed by atoms with Crippen LogP contribution in [-0.2, 0) is 14.3 Å². The Bertz CT molecular complexity index is 997. The predicted octanol–water partition coefficient (Wildman–Crippen LogP) is 3.97. The number of esters is 1.